The van der Waals surface area contributed by atoms with Gasteiger partial charge in [0.05, 0.1) is 18.6 Å². The van der Waals surface area contributed by atoms with Gasteiger partial charge in [-0.15, -0.1) is 0 Å². The summed E-state index contributed by atoms with van der Waals surface area (Å²) in [6, 6.07) is 19.5. The van der Waals surface area contributed by atoms with E-state index < -0.39 is 6.10 Å². The van der Waals surface area contributed by atoms with Crippen molar-refractivity contribution in [3.05, 3.63) is 71.8 Å². The molecule has 0 radical (unpaired) electrons. The fourth-order valence-electron chi connectivity index (χ4n) is 2.76. The molecule has 1 fully saturated rings. The summed E-state index contributed by atoms with van der Waals surface area (Å²) in [6.45, 7) is 0. The Morgan fingerprint density at radius 3 is 2.09 bits per heavy atom. The summed E-state index contributed by atoms with van der Waals surface area (Å²) in [4.78, 5) is 12.3. The number of hydrogen-bond donors (Lipinski definition) is 2. The lowest BCUT2D eigenvalue weighted by atomic mass is 10.0. The van der Waals surface area contributed by atoms with Crippen LogP contribution in [-0.2, 0) is 4.79 Å². The molecule has 2 N–H and O–H groups in total. The minimum atomic E-state index is -0.753. The van der Waals surface area contributed by atoms with Crippen LogP contribution in [0.1, 0.15) is 42.5 Å². The van der Waals surface area contributed by atoms with Crippen molar-refractivity contribution in [1.82, 2.24) is 5.32 Å². The fourth-order valence-corrected chi connectivity index (χ4v) is 2.76. The molecule has 2 atom stereocenters. The van der Waals surface area contributed by atoms with Gasteiger partial charge in [0.15, 0.2) is 0 Å². The third-order valence-corrected chi connectivity index (χ3v) is 4.13. The number of aliphatic hydroxyl groups excluding tert-OH is 1. The van der Waals surface area contributed by atoms with Crippen molar-refractivity contribution in [2.45, 2.75) is 31.4 Å². The van der Waals surface area contributed by atoms with E-state index in [9.17, 15) is 9.90 Å². The third-order valence-electron chi connectivity index (χ3n) is 4.13. The Bertz CT molecular complexity index is 608. The van der Waals surface area contributed by atoms with Gasteiger partial charge in [-0.3, -0.25) is 4.79 Å². The third kappa shape index (κ3) is 3.74. The first-order valence-electron chi connectivity index (χ1n) is 7.81. The van der Waals surface area contributed by atoms with E-state index in [1.54, 1.807) is 0 Å². The van der Waals surface area contributed by atoms with Crippen LogP contribution in [0, 0.1) is 5.92 Å². The van der Waals surface area contributed by atoms with Crippen LogP contribution in [-0.4, -0.2) is 11.0 Å². The first-order valence-corrected chi connectivity index (χ1v) is 7.81. The van der Waals surface area contributed by atoms with Crippen LogP contribution in [0.5, 0.6) is 0 Å². The zero-order chi connectivity index (χ0) is 15.4. The van der Waals surface area contributed by atoms with Crippen molar-refractivity contribution in [2.24, 2.45) is 5.92 Å². The molecule has 1 aliphatic carbocycles. The molecule has 0 aromatic heterocycles. The first kappa shape index (κ1) is 14.8. The van der Waals surface area contributed by atoms with Crippen LogP contribution >= 0.6 is 0 Å². The minimum Gasteiger partial charge on any atom is -0.388 e. The summed E-state index contributed by atoms with van der Waals surface area (Å²) < 4.78 is 0. The molecule has 0 saturated heterocycles. The molecule has 2 unspecified atom stereocenters. The van der Waals surface area contributed by atoms with Gasteiger partial charge in [-0.05, 0) is 29.9 Å². The van der Waals surface area contributed by atoms with Crippen LogP contribution in [0.4, 0.5) is 0 Å². The normalized spacial score (nSPS) is 16.8. The Kier molecular flexibility index (Phi) is 4.54. The number of aliphatic hydroxyl groups is 1. The van der Waals surface area contributed by atoms with Crippen LogP contribution in [0.25, 0.3) is 0 Å². The van der Waals surface area contributed by atoms with E-state index in [-0.39, 0.29) is 18.4 Å². The first-order chi connectivity index (χ1) is 10.7. The zero-order valence-electron chi connectivity index (χ0n) is 12.5. The summed E-state index contributed by atoms with van der Waals surface area (Å²) in [5.74, 6) is 0.428. The molecule has 2 aromatic rings. The highest BCUT2D eigenvalue weighted by Gasteiger charge is 2.33. The Balaban J connectivity index is 1.62. The highest BCUT2D eigenvalue weighted by molar-refractivity contribution is 5.77. The molecular weight excluding hydrogens is 274 g/mol. The predicted molar refractivity (Wildman–Crippen MR) is 86.1 cm³/mol. The summed E-state index contributed by atoms with van der Waals surface area (Å²) in [5.41, 5.74) is 1.92. The lowest BCUT2D eigenvalue weighted by Gasteiger charge is -2.20. The van der Waals surface area contributed by atoms with Crippen molar-refractivity contribution in [2.75, 3.05) is 0 Å². The van der Waals surface area contributed by atoms with E-state index in [4.69, 9.17) is 0 Å². The summed E-state index contributed by atoms with van der Waals surface area (Å²) in [7, 11) is 0. The molecule has 1 saturated carbocycles. The maximum atomic E-state index is 12.3. The van der Waals surface area contributed by atoms with Crippen molar-refractivity contribution < 1.29 is 9.90 Å². The maximum Gasteiger partial charge on any atom is 0.223 e. The monoisotopic (exact) mass is 295 g/mol. The Morgan fingerprint density at radius 2 is 1.55 bits per heavy atom. The predicted octanol–water partition coefficient (Wildman–Crippen LogP) is 3.38. The van der Waals surface area contributed by atoms with Gasteiger partial charge in [-0.2, -0.15) is 0 Å². The van der Waals surface area contributed by atoms with Crippen molar-refractivity contribution in [1.29, 1.82) is 0 Å². The summed E-state index contributed by atoms with van der Waals surface area (Å²) in [6.07, 6.45) is 1.65. The van der Waals surface area contributed by atoms with E-state index in [1.165, 1.54) is 0 Å². The van der Waals surface area contributed by atoms with Crippen LogP contribution in [0.2, 0.25) is 0 Å². The van der Waals surface area contributed by atoms with Crippen LogP contribution in [0.3, 0.4) is 0 Å². The molecule has 3 nitrogen and oxygen atoms in total. The summed E-state index contributed by atoms with van der Waals surface area (Å²) >= 11 is 0. The van der Waals surface area contributed by atoms with Gasteiger partial charge in [0, 0.05) is 0 Å². The molecule has 3 heteroatoms. The van der Waals surface area contributed by atoms with Gasteiger partial charge in [0.2, 0.25) is 5.91 Å². The van der Waals surface area contributed by atoms with Crippen molar-refractivity contribution in [3.63, 3.8) is 0 Å². The molecular formula is C19H21NO2. The van der Waals surface area contributed by atoms with Gasteiger partial charge < -0.3 is 10.4 Å². The van der Waals surface area contributed by atoms with Crippen LogP contribution in [0.15, 0.2) is 60.7 Å². The largest absolute Gasteiger partial charge is 0.388 e. The number of hydrogen-bond acceptors (Lipinski definition) is 2. The molecule has 114 valence electrons. The van der Waals surface area contributed by atoms with Gasteiger partial charge in [0.25, 0.3) is 0 Å². The number of amides is 1. The van der Waals surface area contributed by atoms with Crippen molar-refractivity contribution in [3.8, 4) is 0 Å². The second kappa shape index (κ2) is 6.75. The lowest BCUT2D eigenvalue weighted by Crippen LogP contribution is -2.30. The number of rotatable bonds is 6. The van der Waals surface area contributed by atoms with E-state index in [0.717, 1.165) is 24.0 Å². The molecule has 1 aliphatic rings. The average molecular weight is 295 g/mol. The number of nitrogens with one attached hydrogen (secondary N) is 1. The minimum absolute atomic E-state index is 0.0664. The second-order valence-electron chi connectivity index (χ2n) is 5.92. The second-order valence-corrected chi connectivity index (χ2v) is 5.92. The maximum absolute atomic E-state index is 12.3. The Hall–Kier alpha value is -2.13. The summed E-state index contributed by atoms with van der Waals surface area (Å²) in [5, 5.41) is 13.3. The van der Waals surface area contributed by atoms with E-state index in [1.807, 2.05) is 48.5 Å². The number of carbonyl (C=O) groups is 1. The molecule has 2 aromatic carbocycles. The van der Waals surface area contributed by atoms with E-state index in [2.05, 4.69) is 17.4 Å². The van der Waals surface area contributed by atoms with Gasteiger partial charge >= 0.3 is 0 Å². The van der Waals surface area contributed by atoms with E-state index >= 15 is 0 Å². The Labute approximate surface area is 131 Å². The number of benzene rings is 2. The van der Waals surface area contributed by atoms with Gasteiger partial charge in [-0.1, -0.05) is 60.7 Å². The quantitative estimate of drug-likeness (QED) is 0.858. The smallest absolute Gasteiger partial charge is 0.223 e. The molecule has 1 amide bonds. The SMILES string of the molecule is O=C(CC(O)c1ccccc1)NC(c1ccccc1)C1CC1. The highest BCUT2D eigenvalue weighted by atomic mass is 16.3. The molecule has 0 aliphatic heterocycles. The highest BCUT2D eigenvalue weighted by Crippen LogP contribution is 2.41. The zero-order valence-corrected chi connectivity index (χ0v) is 12.5. The fraction of sp³-hybridized carbons (Fsp3) is 0.316. The molecule has 0 heterocycles. The molecule has 3 rings (SSSR count). The van der Waals surface area contributed by atoms with Gasteiger partial charge in [-0.25, -0.2) is 0 Å². The lowest BCUT2D eigenvalue weighted by molar-refractivity contribution is -0.124. The standard InChI is InChI=1S/C19H21NO2/c21-17(14-7-3-1-4-8-14)13-18(22)20-19(16-11-12-16)15-9-5-2-6-10-15/h1-10,16-17,19,21H,11-13H2,(H,20,22). The van der Waals surface area contributed by atoms with Crippen LogP contribution < -0.4 is 5.32 Å². The van der Waals surface area contributed by atoms with Gasteiger partial charge in [0.1, 0.15) is 0 Å². The molecule has 0 spiro atoms. The van der Waals surface area contributed by atoms with E-state index in [0.29, 0.717) is 5.92 Å². The number of carbonyl (C=O) groups excluding carboxylic acids is 1. The Morgan fingerprint density at radius 1 is 1.00 bits per heavy atom. The van der Waals surface area contributed by atoms with Crippen molar-refractivity contribution >= 4 is 5.91 Å². The topological polar surface area (TPSA) is 49.3 Å². The average Bonchev–Trinajstić information content (AvgIpc) is 3.39. The molecule has 0 bridgehead atoms. The molecule has 22 heavy (non-hydrogen) atoms.